The van der Waals surface area contributed by atoms with Gasteiger partial charge in [0.1, 0.15) is 0 Å². The van der Waals surface area contributed by atoms with Crippen molar-refractivity contribution in [1.82, 2.24) is 0 Å². The normalized spacial score (nSPS) is 21.3. The van der Waals surface area contributed by atoms with Crippen LogP contribution in [-0.2, 0) is 14.9 Å². The summed E-state index contributed by atoms with van der Waals surface area (Å²) in [6, 6.07) is 6.02. The van der Waals surface area contributed by atoms with Crippen LogP contribution in [0.4, 0.5) is 0 Å². The van der Waals surface area contributed by atoms with Gasteiger partial charge in [-0.25, -0.2) is 0 Å². The van der Waals surface area contributed by atoms with Crippen molar-refractivity contribution in [1.29, 1.82) is 0 Å². The minimum absolute atomic E-state index is 0.351. The van der Waals surface area contributed by atoms with Gasteiger partial charge < -0.3 is 14.4 Å². The summed E-state index contributed by atoms with van der Waals surface area (Å²) in [7, 11) is -0.388. The first-order chi connectivity index (χ1) is 8.92. The highest BCUT2D eigenvalue weighted by molar-refractivity contribution is 6.62. The van der Waals surface area contributed by atoms with Gasteiger partial charge in [-0.05, 0) is 59.5 Å². The van der Waals surface area contributed by atoms with Crippen LogP contribution in [0.1, 0.15) is 52.7 Å². The van der Waals surface area contributed by atoms with Crippen molar-refractivity contribution < 1.29 is 14.4 Å². The fraction of sp³-hybridized carbons (Fsp3) is 0.625. The van der Waals surface area contributed by atoms with Crippen LogP contribution in [0.3, 0.4) is 0 Å². The molecule has 4 heteroatoms. The second-order valence-electron chi connectivity index (χ2n) is 7.28. The maximum absolute atomic E-state index is 10.2. The molecule has 1 fully saturated rings. The molecular formula is C16H25BO3. The number of aryl methyl sites for hydroxylation is 1. The quantitative estimate of drug-likeness (QED) is 0.844. The fourth-order valence-corrected chi connectivity index (χ4v) is 2.28. The molecule has 110 valence electrons. The Balaban J connectivity index is 2.38. The van der Waals surface area contributed by atoms with E-state index in [9.17, 15) is 5.11 Å². The summed E-state index contributed by atoms with van der Waals surface area (Å²) in [5.74, 6) is 0. The Morgan fingerprint density at radius 1 is 1.00 bits per heavy atom. The molecule has 1 heterocycles. The molecule has 1 aliphatic rings. The molecule has 3 nitrogen and oxygen atoms in total. The van der Waals surface area contributed by atoms with E-state index >= 15 is 0 Å². The van der Waals surface area contributed by atoms with Crippen LogP contribution in [0, 0.1) is 6.92 Å². The molecule has 2 rings (SSSR count). The van der Waals surface area contributed by atoms with E-state index in [2.05, 4.69) is 6.07 Å². The van der Waals surface area contributed by atoms with Gasteiger partial charge in [0, 0.05) is 0 Å². The van der Waals surface area contributed by atoms with Gasteiger partial charge in [0.05, 0.1) is 16.8 Å². The molecule has 0 aromatic heterocycles. The van der Waals surface area contributed by atoms with E-state index in [4.69, 9.17) is 9.31 Å². The van der Waals surface area contributed by atoms with Crippen LogP contribution < -0.4 is 5.46 Å². The lowest BCUT2D eigenvalue weighted by molar-refractivity contribution is 0.00578. The Morgan fingerprint density at radius 3 is 1.95 bits per heavy atom. The van der Waals surface area contributed by atoms with Crippen molar-refractivity contribution in [3.05, 3.63) is 29.3 Å². The van der Waals surface area contributed by atoms with Crippen LogP contribution >= 0.6 is 0 Å². The first kappa shape index (κ1) is 15.6. The Morgan fingerprint density at radius 2 is 1.50 bits per heavy atom. The number of hydrogen-bond donors (Lipinski definition) is 1. The molecular weight excluding hydrogens is 251 g/mol. The summed E-state index contributed by atoms with van der Waals surface area (Å²) in [6.07, 6.45) is 0. The summed E-state index contributed by atoms with van der Waals surface area (Å²) in [4.78, 5) is 0. The predicted molar refractivity (Wildman–Crippen MR) is 82.1 cm³/mol. The van der Waals surface area contributed by atoms with Crippen LogP contribution in [0.15, 0.2) is 18.2 Å². The van der Waals surface area contributed by atoms with Crippen LogP contribution in [-0.4, -0.2) is 23.4 Å². The molecule has 0 radical (unpaired) electrons. The zero-order valence-corrected chi connectivity index (χ0v) is 13.6. The molecule has 0 amide bonds. The van der Waals surface area contributed by atoms with E-state index in [0.717, 1.165) is 16.6 Å². The minimum Gasteiger partial charge on any atom is -0.399 e. The molecule has 1 aromatic rings. The molecule has 0 aliphatic carbocycles. The summed E-state index contributed by atoms with van der Waals surface area (Å²) in [5, 5.41) is 10.2. The predicted octanol–water partition coefficient (Wildman–Crippen LogP) is 2.52. The Bertz CT molecular complexity index is 499. The minimum atomic E-state index is -0.871. The average molecular weight is 276 g/mol. The molecule has 0 bridgehead atoms. The van der Waals surface area contributed by atoms with Crippen LogP contribution in [0.25, 0.3) is 0 Å². The van der Waals surface area contributed by atoms with E-state index in [-0.39, 0.29) is 18.3 Å². The van der Waals surface area contributed by atoms with E-state index in [1.54, 1.807) is 13.8 Å². The van der Waals surface area contributed by atoms with Crippen LogP contribution in [0.5, 0.6) is 0 Å². The average Bonchev–Trinajstić information content (AvgIpc) is 2.46. The van der Waals surface area contributed by atoms with Crippen molar-refractivity contribution in [2.45, 2.75) is 65.3 Å². The fourth-order valence-electron chi connectivity index (χ4n) is 2.28. The highest BCUT2D eigenvalue weighted by Crippen LogP contribution is 2.36. The number of benzene rings is 1. The van der Waals surface area contributed by atoms with Gasteiger partial charge >= 0.3 is 7.12 Å². The van der Waals surface area contributed by atoms with Gasteiger partial charge in [0.25, 0.3) is 0 Å². The first-order valence-corrected chi connectivity index (χ1v) is 7.12. The summed E-state index contributed by atoms with van der Waals surface area (Å²) < 4.78 is 12.1. The van der Waals surface area contributed by atoms with Gasteiger partial charge in [-0.1, -0.05) is 23.8 Å². The molecule has 1 aliphatic heterocycles. The van der Waals surface area contributed by atoms with Crippen molar-refractivity contribution in [2.75, 3.05) is 0 Å². The molecule has 0 atom stereocenters. The highest BCUT2D eigenvalue weighted by atomic mass is 16.7. The lowest BCUT2D eigenvalue weighted by Crippen LogP contribution is -2.41. The Labute approximate surface area is 122 Å². The number of hydrogen-bond acceptors (Lipinski definition) is 3. The van der Waals surface area contributed by atoms with Crippen molar-refractivity contribution in [2.24, 2.45) is 0 Å². The summed E-state index contributed by atoms with van der Waals surface area (Å²) in [5.41, 5.74) is 1.36. The maximum atomic E-state index is 10.2. The molecule has 1 N–H and O–H groups in total. The van der Waals surface area contributed by atoms with Gasteiger partial charge in [-0.3, -0.25) is 0 Å². The standard InChI is InChI=1S/C16H25BO3/c1-11-8-12(14(2,3)18)10-13(9-11)17-19-15(4,5)16(6,7)20-17/h8-10,18H,1-7H3. The second-order valence-corrected chi connectivity index (χ2v) is 7.28. The van der Waals surface area contributed by atoms with Gasteiger partial charge in [0.15, 0.2) is 0 Å². The Hall–Kier alpha value is -0.835. The van der Waals surface area contributed by atoms with Crippen molar-refractivity contribution in [3.63, 3.8) is 0 Å². The van der Waals surface area contributed by atoms with Gasteiger partial charge in [-0.15, -0.1) is 0 Å². The zero-order chi connectivity index (χ0) is 15.3. The highest BCUT2D eigenvalue weighted by Gasteiger charge is 2.51. The van der Waals surface area contributed by atoms with E-state index in [1.807, 2.05) is 46.8 Å². The lowest BCUT2D eigenvalue weighted by Gasteiger charge is -2.32. The number of rotatable bonds is 2. The molecule has 0 spiro atoms. The molecule has 0 unspecified atom stereocenters. The van der Waals surface area contributed by atoms with Crippen molar-refractivity contribution in [3.8, 4) is 0 Å². The first-order valence-electron chi connectivity index (χ1n) is 7.12. The van der Waals surface area contributed by atoms with Crippen LogP contribution in [0.2, 0.25) is 0 Å². The topological polar surface area (TPSA) is 38.7 Å². The molecule has 0 saturated carbocycles. The molecule has 1 aromatic carbocycles. The third-order valence-electron chi connectivity index (χ3n) is 4.33. The van der Waals surface area contributed by atoms with Crippen molar-refractivity contribution >= 4 is 12.6 Å². The van der Waals surface area contributed by atoms with E-state index in [1.165, 1.54) is 0 Å². The SMILES string of the molecule is Cc1cc(B2OC(C)(C)C(C)(C)O2)cc(C(C)(C)O)c1. The smallest absolute Gasteiger partial charge is 0.399 e. The largest absolute Gasteiger partial charge is 0.494 e. The third-order valence-corrected chi connectivity index (χ3v) is 4.33. The maximum Gasteiger partial charge on any atom is 0.494 e. The van der Waals surface area contributed by atoms with Gasteiger partial charge in [0.2, 0.25) is 0 Å². The molecule has 20 heavy (non-hydrogen) atoms. The molecule has 1 saturated heterocycles. The summed E-state index contributed by atoms with van der Waals surface area (Å²) in [6.45, 7) is 13.8. The Kier molecular flexibility index (Phi) is 3.57. The monoisotopic (exact) mass is 276 g/mol. The van der Waals surface area contributed by atoms with E-state index < -0.39 is 5.60 Å². The summed E-state index contributed by atoms with van der Waals surface area (Å²) >= 11 is 0. The zero-order valence-electron chi connectivity index (χ0n) is 13.6. The number of aliphatic hydroxyl groups is 1. The second kappa shape index (κ2) is 4.59. The van der Waals surface area contributed by atoms with E-state index in [0.29, 0.717) is 0 Å². The third kappa shape index (κ3) is 2.78. The lowest BCUT2D eigenvalue weighted by atomic mass is 9.76. The van der Waals surface area contributed by atoms with Gasteiger partial charge in [-0.2, -0.15) is 0 Å².